The van der Waals surface area contributed by atoms with Crippen molar-refractivity contribution in [1.82, 2.24) is 9.78 Å². The Bertz CT molecular complexity index is 515. The van der Waals surface area contributed by atoms with E-state index >= 15 is 0 Å². The van der Waals surface area contributed by atoms with Crippen LogP contribution in [-0.2, 0) is 6.54 Å². The topological polar surface area (TPSA) is 38.0 Å². The molecule has 0 spiro atoms. The minimum atomic E-state index is 0.299. The molecular formula is C13H16N2O. The van der Waals surface area contributed by atoms with Crippen molar-refractivity contribution in [3.8, 4) is 5.75 Å². The highest BCUT2D eigenvalue weighted by atomic mass is 16.3. The van der Waals surface area contributed by atoms with Crippen molar-refractivity contribution in [3.63, 3.8) is 0 Å². The van der Waals surface area contributed by atoms with Crippen LogP contribution in [0.2, 0.25) is 0 Å². The second kappa shape index (κ2) is 4.00. The fourth-order valence-corrected chi connectivity index (χ4v) is 1.82. The molecule has 84 valence electrons. The monoisotopic (exact) mass is 216 g/mol. The molecule has 0 saturated heterocycles. The first-order valence-corrected chi connectivity index (χ1v) is 5.36. The lowest BCUT2D eigenvalue weighted by Crippen LogP contribution is -2.03. The zero-order valence-electron chi connectivity index (χ0n) is 9.86. The van der Waals surface area contributed by atoms with Crippen molar-refractivity contribution in [1.29, 1.82) is 0 Å². The molecule has 2 rings (SSSR count). The summed E-state index contributed by atoms with van der Waals surface area (Å²) < 4.78 is 1.83. The molecule has 0 aliphatic rings. The predicted molar refractivity (Wildman–Crippen MR) is 63.6 cm³/mol. The van der Waals surface area contributed by atoms with Gasteiger partial charge in [-0.25, -0.2) is 0 Å². The molecule has 0 amide bonds. The highest BCUT2D eigenvalue weighted by Gasteiger charge is 2.09. The number of rotatable bonds is 2. The van der Waals surface area contributed by atoms with Crippen molar-refractivity contribution < 1.29 is 5.11 Å². The number of aromatic hydroxyl groups is 1. The molecule has 1 aromatic heterocycles. The van der Waals surface area contributed by atoms with E-state index in [1.807, 2.05) is 24.6 Å². The van der Waals surface area contributed by atoms with Gasteiger partial charge in [0.05, 0.1) is 12.2 Å². The molecule has 1 N–H and O–H groups in total. The maximum absolute atomic E-state index is 9.68. The summed E-state index contributed by atoms with van der Waals surface area (Å²) in [5.41, 5.74) is 3.94. The summed E-state index contributed by atoms with van der Waals surface area (Å²) in [6, 6.07) is 8.31. The minimum absolute atomic E-state index is 0.299. The normalized spacial score (nSPS) is 10.7. The average Bonchev–Trinajstić information content (AvgIpc) is 2.47. The molecule has 1 heterocycles. The third kappa shape index (κ3) is 1.94. The van der Waals surface area contributed by atoms with Gasteiger partial charge in [0.15, 0.2) is 5.75 Å². The zero-order valence-corrected chi connectivity index (χ0v) is 9.86. The van der Waals surface area contributed by atoms with E-state index in [0.29, 0.717) is 18.0 Å². The highest BCUT2D eigenvalue weighted by Crippen LogP contribution is 2.20. The van der Waals surface area contributed by atoms with Crippen LogP contribution in [0.15, 0.2) is 24.3 Å². The van der Waals surface area contributed by atoms with Crippen molar-refractivity contribution in [2.75, 3.05) is 0 Å². The van der Waals surface area contributed by atoms with E-state index in [2.05, 4.69) is 30.2 Å². The fourth-order valence-electron chi connectivity index (χ4n) is 1.82. The van der Waals surface area contributed by atoms with Crippen LogP contribution in [0.3, 0.4) is 0 Å². The standard InChI is InChI=1S/C13H16N2O/c1-9-5-4-6-12(7-9)8-15-11(3)13(16)10(2)14-15/h4-7,16H,8H2,1-3H3. The van der Waals surface area contributed by atoms with Crippen LogP contribution in [0.1, 0.15) is 22.5 Å². The van der Waals surface area contributed by atoms with Crippen LogP contribution in [0.4, 0.5) is 0 Å². The second-order valence-corrected chi connectivity index (χ2v) is 4.17. The predicted octanol–water partition coefficient (Wildman–Crippen LogP) is 2.56. The Morgan fingerprint density at radius 3 is 2.56 bits per heavy atom. The average molecular weight is 216 g/mol. The number of hydrogen-bond donors (Lipinski definition) is 1. The molecule has 2 aromatic rings. The smallest absolute Gasteiger partial charge is 0.159 e. The van der Waals surface area contributed by atoms with Crippen LogP contribution >= 0.6 is 0 Å². The van der Waals surface area contributed by atoms with E-state index in [9.17, 15) is 5.11 Å². The van der Waals surface area contributed by atoms with E-state index in [0.717, 1.165) is 5.69 Å². The molecule has 0 atom stereocenters. The first-order valence-electron chi connectivity index (χ1n) is 5.36. The van der Waals surface area contributed by atoms with Gasteiger partial charge in [-0.2, -0.15) is 5.10 Å². The molecule has 3 nitrogen and oxygen atoms in total. The lowest BCUT2D eigenvalue weighted by molar-refractivity contribution is 0.465. The Morgan fingerprint density at radius 1 is 1.25 bits per heavy atom. The molecule has 0 fully saturated rings. The fraction of sp³-hybridized carbons (Fsp3) is 0.308. The van der Waals surface area contributed by atoms with Gasteiger partial charge in [-0.3, -0.25) is 4.68 Å². The van der Waals surface area contributed by atoms with Gasteiger partial charge in [0, 0.05) is 0 Å². The molecule has 0 aliphatic heterocycles. The van der Waals surface area contributed by atoms with Crippen molar-refractivity contribution >= 4 is 0 Å². The molecular weight excluding hydrogens is 200 g/mol. The molecule has 0 saturated carbocycles. The third-order valence-electron chi connectivity index (χ3n) is 2.76. The molecule has 0 unspecified atom stereocenters. The summed E-state index contributed by atoms with van der Waals surface area (Å²) >= 11 is 0. The van der Waals surface area contributed by atoms with Crippen LogP contribution in [-0.4, -0.2) is 14.9 Å². The third-order valence-corrected chi connectivity index (χ3v) is 2.76. The lowest BCUT2D eigenvalue weighted by Gasteiger charge is -2.05. The molecule has 1 aromatic carbocycles. The van der Waals surface area contributed by atoms with Gasteiger partial charge in [0.1, 0.15) is 5.69 Å². The minimum Gasteiger partial charge on any atom is -0.504 e. The van der Waals surface area contributed by atoms with Gasteiger partial charge in [0.25, 0.3) is 0 Å². The number of hydrogen-bond acceptors (Lipinski definition) is 2. The van der Waals surface area contributed by atoms with Gasteiger partial charge in [0.2, 0.25) is 0 Å². The SMILES string of the molecule is Cc1cccc(Cn2nc(C)c(O)c2C)c1. The van der Waals surface area contributed by atoms with Crippen molar-refractivity contribution in [2.45, 2.75) is 27.3 Å². The van der Waals surface area contributed by atoms with Crippen LogP contribution in [0.5, 0.6) is 5.75 Å². The first-order chi connectivity index (χ1) is 7.58. The largest absolute Gasteiger partial charge is 0.504 e. The van der Waals surface area contributed by atoms with Gasteiger partial charge in [-0.15, -0.1) is 0 Å². The summed E-state index contributed by atoms with van der Waals surface area (Å²) in [7, 11) is 0. The Morgan fingerprint density at radius 2 is 2.00 bits per heavy atom. The Labute approximate surface area is 95.3 Å². The molecule has 3 heteroatoms. The summed E-state index contributed by atoms with van der Waals surface area (Å²) in [4.78, 5) is 0. The van der Waals surface area contributed by atoms with Gasteiger partial charge < -0.3 is 5.11 Å². The van der Waals surface area contributed by atoms with E-state index in [4.69, 9.17) is 0 Å². The maximum Gasteiger partial charge on any atom is 0.159 e. The van der Waals surface area contributed by atoms with Crippen molar-refractivity contribution in [2.24, 2.45) is 0 Å². The van der Waals surface area contributed by atoms with Crippen LogP contribution < -0.4 is 0 Å². The zero-order chi connectivity index (χ0) is 11.7. The summed E-state index contributed by atoms with van der Waals surface area (Å²) in [6.45, 7) is 6.47. The molecule has 0 aliphatic carbocycles. The van der Waals surface area contributed by atoms with Gasteiger partial charge in [-0.1, -0.05) is 29.8 Å². The number of nitrogens with zero attached hydrogens (tertiary/aromatic N) is 2. The number of aryl methyl sites for hydroxylation is 2. The van der Waals surface area contributed by atoms with E-state index in [1.165, 1.54) is 11.1 Å². The first kappa shape index (κ1) is 10.7. The van der Waals surface area contributed by atoms with E-state index in [-0.39, 0.29) is 0 Å². The molecule has 0 radical (unpaired) electrons. The Kier molecular flexibility index (Phi) is 2.69. The van der Waals surface area contributed by atoms with Crippen LogP contribution in [0.25, 0.3) is 0 Å². The Balaban J connectivity index is 2.30. The molecule has 0 bridgehead atoms. The van der Waals surface area contributed by atoms with Gasteiger partial charge in [-0.05, 0) is 26.3 Å². The quantitative estimate of drug-likeness (QED) is 0.837. The Hall–Kier alpha value is -1.77. The van der Waals surface area contributed by atoms with Gasteiger partial charge >= 0.3 is 0 Å². The lowest BCUT2D eigenvalue weighted by atomic mass is 10.1. The highest BCUT2D eigenvalue weighted by molar-refractivity contribution is 5.31. The second-order valence-electron chi connectivity index (χ2n) is 4.17. The van der Waals surface area contributed by atoms with E-state index in [1.54, 1.807) is 0 Å². The van der Waals surface area contributed by atoms with Crippen LogP contribution in [0, 0.1) is 20.8 Å². The number of benzene rings is 1. The van der Waals surface area contributed by atoms with Crippen molar-refractivity contribution in [3.05, 3.63) is 46.8 Å². The number of aromatic nitrogens is 2. The molecule has 16 heavy (non-hydrogen) atoms. The summed E-state index contributed by atoms with van der Waals surface area (Å²) in [5.74, 6) is 0.299. The van der Waals surface area contributed by atoms with E-state index < -0.39 is 0 Å². The summed E-state index contributed by atoms with van der Waals surface area (Å²) in [6.07, 6.45) is 0. The summed E-state index contributed by atoms with van der Waals surface area (Å²) in [5, 5.41) is 14.0. The maximum atomic E-state index is 9.68.